The van der Waals surface area contributed by atoms with E-state index in [-0.39, 0.29) is 10.8 Å². The molecule has 4 aromatic carbocycles. The summed E-state index contributed by atoms with van der Waals surface area (Å²) in [4.78, 5) is 17.2. The highest BCUT2D eigenvalue weighted by atomic mass is 32.2. The minimum Gasteiger partial charge on any atom is -0.348 e. The maximum atomic E-state index is 12.9. The molecule has 5 aromatic rings. The minimum absolute atomic E-state index is 0.131. The summed E-state index contributed by atoms with van der Waals surface area (Å²) in [5, 5.41) is 13.2. The number of benzene rings is 4. The number of carbonyl (C=O) groups excluding carboxylic acids is 1. The van der Waals surface area contributed by atoms with Crippen LogP contribution < -0.4 is 10.0 Å². The quantitative estimate of drug-likeness (QED) is 0.340. The predicted octanol–water partition coefficient (Wildman–Crippen LogP) is 5.05. The number of fused-ring (bicyclic) bond motifs is 2. The molecule has 0 saturated heterocycles. The van der Waals surface area contributed by atoms with Crippen LogP contribution in [-0.2, 0) is 16.6 Å². The lowest BCUT2D eigenvalue weighted by Crippen LogP contribution is -2.23. The summed E-state index contributed by atoms with van der Waals surface area (Å²) in [5.41, 5.74) is 4.63. The Balaban J connectivity index is 1.36. The van der Waals surface area contributed by atoms with Crippen molar-refractivity contribution < 1.29 is 13.2 Å². The molecule has 0 spiro atoms. The van der Waals surface area contributed by atoms with Crippen LogP contribution in [0.4, 0.5) is 5.69 Å². The van der Waals surface area contributed by atoms with Crippen molar-refractivity contribution in [2.45, 2.75) is 11.4 Å². The topological polar surface area (TPSA) is 112 Å². The van der Waals surface area contributed by atoms with E-state index in [0.29, 0.717) is 34.3 Å². The number of aromatic nitrogens is 1. The standard InChI is InChI=1S/C26H18N4O3S2/c27-14-17-4-6-18(7-5-17)15-28-26(31)23-3-1-2-19-12-20(8-10-22(19)23)30-35(32,33)21-9-11-25-24(13-21)29-16-34-25/h1-13,16,30H,15H2,(H,28,31). The molecular weight excluding hydrogens is 480 g/mol. The van der Waals surface area contributed by atoms with Gasteiger partial charge in [0.15, 0.2) is 0 Å². The van der Waals surface area contributed by atoms with Gasteiger partial charge in [0.2, 0.25) is 0 Å². The Labute approximate surface area is 205 Å². The number of amides is 1. The first-order chi connectivity index (χ1) is 16.9. The number of nitriles is 1. The number of nitrogens with zero attached hydrogens (tertiary/aromatic N) is 2. The molecule has 5 rings (SSSR count). The van der Waals surface area contributed by atoms with Crippen molar-refractivity contribution in [1.82, 2.24) is 10.3 Å². The Bertz CT molecular complexity index is 1720. The summed E-state index contributed by atoms with van der Waals surface area (Å²) in [6.07, 6.45) is 0. The van der Waals surface area contributed by atoms with E-state index >= 15 is 0 Å². The van der Waals surface area contributed by atoms with Crippen LogP contribution in [0.25, 0.3) is 21.0 Å². The summed E-state index contributed by atoms with van der Waals surface area (Å²) >= 11 is 1.45. The van der Waals surface area contributed by atoms with Crippen molar-refractivity contribution in [3.63, 3.8) is 0 Å². The number of rotatable bonds is 6. The van der Waals surface area contributed by atoms with Gasteiger partial charge in [-0.25, -0.2) is 13.4 Å². The van der Waals surface area contributed by atoms with Gasteiger partial charge in [-0.2, -0.15) is 5.26 Å². The zero-order valence-electron chi connectivity index (χ0n) is 18.2. The fourth-order valence-electron chi connectivity index (χ4n) is 3.74. The largest absolute Gasteiger partial charge is 0.348 e. The van der Waals surface area contributed by atoms with Crippen molar-refractivity contribution in [3.05, 3.63) is 101 Å². The van der Waals surface area contributed by atoms with Gasteiger partial charge in [0, 0.05) is 17.8 Å². The van der Waals surface area contributed by atoms with Crippen LogP contribution >= 0.6 is 11.3 Å². The molecule has 35 heavy (non-hydrogen) atoms. The molecule has 1 aromatic heterocycles. The van der Waals surface area contributed by atoms with Crippen molar-refractivity contribution >= 4 is 53.9 Å². The first-order valence-corrected chi connectivity index (χ1v) is 13.0. The molecule has 0 fully saturated rings. The van der Waals surface area contributed by atoms with Crippen LogP contribution in [0.1, 0.15) is 21.5 Å². The molecule has 0 bridgehead atoms. The Morgan fingerprint density at radius 3 is 2.63 bits per heavy atom. The zero-order chi connectivity index (χ0) is 24.4. The third-order valence-corrected chi connectivity index (χ3v) is 7.71. The van der Waals surface area contributed by atoms with E-state index in [1.165, 1.54) is 11.3 Å². The Hall–Kier alpha value is -4.26. The lowest BCUT2D eigenvalue weighted by Gasteiger charge is -2.11. The van der Waals surface area contributed by atoms with Gasteiger partial charge in [-0.05, 0) is 64.9 Å². The van der Waals surface area contributed by atoms with Crippen molar-refractivity contribution in [3.8, 4) is 6.07 Å². The molecule has 9 heteroatoms. The number of anilines is 1. The molecule has 0 aliphatic carbocycles. The lowest BCUT2D eigenvalue weighted by molar-refractivity contribution is 0.0952. The average Bonchev–Trinajstić information content (AvgIpc) is 3.35. The highest BCUT2D eigenvalue weighted by molar-refractivity contribution is 7.92. The molecule has 0 unspecified atom stereocenters. The lowest BCUT2D eigenvalue weighted by atomic mass is 10.0. The van der Waals surface area contributed by atoms with Gasteiger partial charge >= 0.3 is 0 Å². The molecule has 2 N–H and O–H groups in total. The molecule has 0 aliphatic rings. The van der Waals surface area contributed by atoms with Gasteiger partial charge < -0.3 is 5.32 Å². The van der Waals surface area contributed by atoms with E-state index in [9.17, 15) is 13.2 Å². The first kappa shape index (κ1) is 22.5. The fraction of sp³-hybridized carbons (Fsp3) is 0.0385. The molecule has 0 radical (unpaired) electrons. The normalized spacial score (nSPS) is 11.3. The number of hydrogen-bond acceptors (Lipinski definition) is 6. The van der Waals surface area contributed by atoms with E-state index in [4.69, 9.17) is 5.26 Å². The van der Waals surface area contributed by atoms with Gasteiger partial charge in [0.05, 0.1) is 32.3 Å². The molecule has 0 aliphatic heterocycles. The second-order valence-electron chi connectivity index (χ2n) is 7.82. The van der Waals surface area contributed by atoms with Gasteiger partial charge in [-0.3, -0.25) is 9.52 Å². The smallest absolute Gasteiger partial charge is 0.261 e. The monoisotopic (exact) mass is 498 g/mol. The zero-order valence-corrected chi connectivity index (χ0v) is 19.9. The summed E-state index contributed by atoms with van der Waals surface area (Å²) in [6.45, 7) is 0.322. The van der Waals surface area contributed by atoms with Crippen LogP contribution in [0.2, 0.25) is 0 Å². The highest BCUT2D eigenvalue weighted by Gasteiger charge is 2.17. The van der Waals surface area contributed by atoms with Crippen LogP contribution in [0, 0.1) is 11.3 Å². The van der Waals surface area contributed by atoms with E-state index in [1.807, 2.05) is 6.07 Å². The van der Waals surface area contributed by atoms with E-state index in [1.54, 1.807) is 78.3 Å². The number of thiazole rings is 1. The van der Waals surface area contributed by atoms with Gasteiger partial charge in [0.25, 0.3) is 15.9 Å². The van der Waals surface area contributed by atoms with Crippen LogP contribution in [0.5, 0.6) is 0 Å². The Morgan fingerprint density at radius 1 is 1.00 bits per heavy atom. The van der Waals surface area contributed by atoms with Crippen LogP contribution in [0.15, 0.2) is 89.3 Å². The second-order valence-corrected chi connectivity index (χ2v) is 10.4. The maximum absolute atomic E-state index is 12.9. The molecule has 1 heterocycles. The Morgan fingerprint density at radius 2 is 1.83 bits per heavy atom. The third kappa shape index (κ3) is 4.71. The summed E-state index contributed by atoms with van der Waals surface area (Å²) in [5.74, 6) is -0.246. The van der Waals surface area contributed by atoms with Crippen LogP contribution in [0.3, 0.4) is 0 Å². The SMILES string of the molecule is N#Cc1ccc(CNC(=O)c2cccc3cc(NS(=O)(=O)c4ccc5scnc5c4)ccc23)cc1. The molecule has 0 atom stereocenters. The van der Waals surface area contributed by atoms with Crippen molar-refractivity contribution in [2.75, 3.05) is 4.72 Å². The average molecular weight is 499 g/mol. The fourth-order valence-corrected chi connectivity index (χ4v) is 5.47. The Kier molecular flexibility index (Phi) is 5.91. The van der Waals surface area contributed by atoms with Crippen molar-refractivity contribution in [1.29, 1.82) is 5.26 Å². The number of carbonyl (C=O) groups is 1. The van der Waals surface area contributed by atoms with Crippen molar-refractivity contribution in [2.24, 2.45) is 0 Å². The van der Waals surface area contributed by atoms with E-state index in [2.05, 4.69) is 21.1 Å². The summed E-state index contributed by atoms with van der Waals surface area (Å²) in [7, 11) is -3.81. The van der Waals surface area contributed by atoms with Gasteiger partial charge in [-0.1, -0.05) is 30.3 Å². The second kappa shape index (κ2) is 9.18. The van der Waals surface area contributed by atoms with E-state index in [0.717, 1.165) is 15.6 Å². The number of hydrogen-bond donors (Lipinski definition) is 2. The van der Waals surface area contributed by atoms with Gasteiger partial charge in [0.1, 0.15) is 0 Å². The highest BCUT2D eigenvalue weighted by Crippen LogP contribution is 2.26. The molecule has 1 amide bonds. The minimum atomic E-state index is -3.81. The van der Waals surface area contributed by atoms with E-state index < -0.39 is 10.0 Å². The van der Waals surface area contributed by atoms with Crippen LogP contribution in [-0.4, -0.2) is 19.3 Å². The number of sulfonamides is 1. The van der Waals surface area contributed by atoms with Gasteiger partial charge in [-0.15, -0.1) is 11.3 Å². The maximum Gasteiger partial charge on any atom is 0.261 e. The molecule has 7 nitrogen and oxygen atoms in total. The summed E-state index contributed by atoms with van der Waals surface area (Å²) < 4.78 is 29.4. The molecule has 172 valence electrons. The first-order valence-electron chi connectivity index (χ1n) is 10.6. The third-order valence-electron chi connectivity index (χ3n) is 5.53. The molecular formula is C26H18N4O3S2. The summed E-state index contributed by atoms with van der Waals surface area (Å²) in [6, 6.07) is 24.3. The number of nitrogens with one attached hydrogen (secondary N) is 2. The molecule has 0 saturated carbocycles. The predicted molar refractivity (Wildman–Crippen MR) is 137 cm³/mol.